The Morgan fingerprint density at radius 2 is 2.05 bits per heavy atom. The monoisotopic (exact) mass is 319 g/mol. The first-order chi connectivity index (χ1) is 10.6. The number of thiazole rings is 1. The highest BCUT2D eigenvalue weighted by Crippen LogP contribution is 2.30. The number of carboxylic acid groups (broad SMARTS) is 1. The number of nitrogens with one attached hydrogen (secondary N) is 1. The molecule has 0 radical (unpaired) electrons. The topological polar surface area (TPSA) is 92.2 Å². The fourth-order valence-electron chi connectivity index (χ4n) is 2.06. The van der Waals surface area contributed by atoms with Crippen molar-refractivity contribution in [2.75, 3.05) is 5.32 Å². The number of nitrogens with zero attached hydrogens (tertiary/aromatic N) is 2. The molecule has 0 atom stereocenters. The molecule has 7 heteroatoms. The van der Waals surface area contributed by atoms with Crippen LogP contribution in [0.3, 0.4) is 0 Å². The Bertz CT molecular complexity index is 666. The number of rotatable bonds is 6. The number of hydrogen-bond acceptors (Lipinski definition) is 5. The summed E-state index contributed by atoms with van der Waals surface area (Å²) in [6, 6.07) is 5.19. The molecule has 0 saturated carbocycles. The molecule has 0 aliphatic carbocycles. The molecule has 22 heavy (non-hydrogen) atoms. The summed E-state index contributed by atoms with van der Waals surface area (Å²) in [5.41, 5.74) is 0.747. The predicted molar refractivity (Wildman–Crippen MR) is 85.0 cm³/mol. The van der Waals surface area contributed by atoms with E-state index in [0.717, 1.165) is 24.2 Å². The molecule has 0 aliphatic heterocycles. The molecule has 6 nitrogen and oxygen atoms in total. The third kappa shape index (κ3) is 3.48. The minimum absolute atomic E-state index is 0.0681. The predicted octanol–water partition coefficient (Wildman–Crippen LogP) is 3.28. The van der Waals surface area contributed by atoms with Gasteiger partial charge in [0.15, 0.2) is 5.13 Å². The highest BCUT2D eigenvalue weighted by atomic mass is 32.1. The third-order valence-corrected chi connectivity index (χ3v) is 4.27. The second kappa shape index (κ2) is 7.13. The summed E-state index contributed by atoms with van der Waals surface area (Å²) < 4.78 is 0. The van der Waals surface area contributed by atoms with Crippen molar-refractivity contribution in [3.8, 4) is 11.4 Å². The van der Waals surface area contributed by atoms with Gasteiger partial charge in [-0.2, -0.15) is 0 Å². The highest BCUT2D eigenvalue weighted by Gasteiger charge is 2.22. The molecule has 0 spiro atoms. The van der Waals surface area contributed by atoms with E-state index in [4.69, 9.17) is 0 Å². The summed E-state index contributed by atoms with van der Waals surface area (Å²) >= 11 is 0.947. The van der Waals surface area contributed by atoms with E-state index in [1.54, 1.807) is 24.4 Å². The summed E-state index contributed by atoms with van der Waals surface area (Å²) in [7, 11) is 0. The Labute approximate surface area is 132 Å². The standard InChI is InChI=1S/C15H17N3O3S/c1-3-9(4-2)13(19)18-15-17-11(12(22-15)14(20)21)10-7-5-6-8-16-10/h5-9H,3-4H2,1-2H3,(H,20,21)(H,17,18,19). The van der Waals surface area contributed by atoms with Crippen molar-refractivity contribution < 1.29 is 14.7 Å². The Hall–Kier alpha value is -2.28. The van der Waals surface area contributed by atoms with Crippen molar-refractivity contribution >= 4 is 28.3 Å². The Morgan fingerprint density at radius 3 is 2.59 bits per heavy atom. The molecule has 2 rings (SSSR count). The average Bonchev–Trinajstić information content (AvgIpc) is 2.93. The first-order valence-electron chi connectivity index (χ1n) is 7.03. The fourth-order valence-corrected chi connectivity index (χ4v) is 2.88. The van der Waals surface area contributed by atoms with Crippen LogP contribution in [0.1, 0.15) is 36.4 Å². The molecule has 0 aliphatic rings. The number of aromatic nitrogens is 2. The molecule has 0 aromatic carbocycles. The largest absolute Gasteiger partial charge is 0.477 e. The number of carbonyl (C=O) groups is 2. The van der Waals surface area contributed by atoms with Crippen molar-refractivity contribution in [2.24, 2.45) is 5.92 Å². The maximum Gasteiger partial charge on any atom is 0.348 e. The van der Waals surface area contributed by atoms with Gasteiger partial charge in [-0.3, -0.25) is 9.78 Å². The fraction of sp³-hybridized carbons (Fsp3) is 0.333. The Morgan fingerprint density at radius 1 is 1.32 bits per heavy atom. The van der Waals surface area contributed by atoms with Crippen LogP contribution in [-0.2, 0) is 4.79 Å². The molecule has 2 N–H and O–H groups in total. The number of amides is 1. The van der Waals surface area contributed by atoms with Crippen molar-refractivity contribution in [1.29, 1.82) is 0 Å². The van der Waals surface area contributed by atoms with Crippen molar-refractivity contribution in [3.05, 3.63) is 29.3 Å². The maximum atomic E-state index is 12.1. The van der Waals surface area contributed by atoms with Gasteiger partial charge in [-0.1, -0.05) is 31.3 Å². The summed E-state index contributed by atoms with van der Waals surface area (Å²) in [5.74, 6) is -1.32. The van der Waals surface area contributed by atoms with Crippen LogP contribution in [0, 0.1) is 5.92 Å². The number of carboxylic acids is 1. The van der Waals surface area contributed by atoms with Crippen LogP contribution in [-0.4, -0.2) is 27.0 Å². The van der Waals surface area contributed by atoms with Gasteiger partial charge in [-0.05, 0) is 25.0 Å². The van der Waals surface area contributed by atoms with Crippen LogP contribution < -0.4 is 5.32 Å². The van der Waals surface area contributed by atoms with E-state index in [0.29, 0.717) is 5.69 Å². The zero-order valence-electron chi connectivity index (χ0n) is 12.4. The van der Waals surface area contributed by atoms with Gasteiger partial charge in [0.1, 0.15) is 10.6 Å². The van der Waals surface area contributed by atoms with Crippen LogP contribution in [0.4, 0.5) is 5.13 Å². The van der Waals surface area contributed by atoms with Gasteiger partial charge in [-0.25, -0.2) is 9.78 Å². The summed E-state index contributed by atoms with van der Waals surface area (Å²) in [6.07, 6.45) is 3.03. The molecule has 2 aromatic rings. The number of carbonyl (C=O) groups excluding carboxylic acids is 1. The molecule has 2 aromatic heterocycles. The number of pyridine rings is 1. The molecular formula is C15H17N3O3S. The molecule has 0 fully saturated rings. The lowest BCUT2D eigenvalue weighted by Gasteiger charge is -2.10. The van der Waals surface area contributed by atoms with Gasteiger partial charge < -0.3 is 10.4 Å². The number of aromatic carboxylic acids is 1. The maximum absolute atomic E-state index is 12.1. The highest BCUT2D eigenvalue weighted by molar-refractivity contribution is 7.18. The molecule has 1 amide bonds. The Balaban J connectivity index is 2.32. The van der Waals surface area contributed by atoms with Crippen LogP contribution in [0.25, 0.3) is 11.4 Å². The Kier molecular flexibility index (Phi) is 5.21. The van der Waals surface area contributed by atoms with E-state index < -0.39 is 5.97 Å². The van der Waals surface area contributed by atoms with Gasteiger partial charge in [0.2, 0.25) is 5.91 Å². The van der Waals surface area contributed by atoms with Crippen LogP contribution >= 0.6 is 11.3 Å². The molecule has 0 saturated heterocycles. The van der Waals surface area contributed by atoms with Gasteiger partial charge in [0.25, 0.3) is 0 Å². The van der Waals surface area contributed by atoms with Gasteiger partial charge in [0.05, 0.1) is 5.69 Å². The summed E-state index contributed by atoms with van der Waals surface area (Å²) in [5, 5.41) is 12.3. The lowest BCUT2D eigenvalue weighted by Crippen LogP contribution is -2.21. The molecular weight excluding hydrogens is 302 g/mol. The normalized spacial score (nSPS) is 10.7. The number of anilines is 1. The first-order valence-corrected chi connectivity index (χ1v) is 7.84. The van der Waals surface area contributed by atoms with Crippen molar-refractivity contribution in [3.63, 3.8) is 0 Å². The van der Waals surface area contributed by atoms with E-state index in [-0.39, 0.29) is 27.5 Å². The quantitative estimate of drug-likeness (QED) is 0.852. The van der Waals surface area contributed by atoms with Crippen LogP contribution in [0.2, 0.25) is 0 Å². The first kappa shape index (κ1) is 16.1. The van der Waals surface area contributed by atoms with Crippen molar-refractivity contribution in [1.82, 2.24) is 9.97 Å². The SMILES string of the molecule is CCC(CC)C(=O)Nc1nc(-c2ccccn2)c(C(=O)O)s1. The minimum Gasteiger partial charge on any atom is -0.477 e. The molecule has 116 valence electrons. The molecule has 2 heterocycles. The van der Waals surface area contributed by atoms with Gasteiger partial charge in [-0.15, -0.1) is 0 Å². The van der Waals surface area contributed by atoms with E-state index in [9.17, 15) is 14.7 Å². The average molecular weight is 319 g/mol. The lowest BCUT2D eigenvalue weighted by atomic mass is 10.0. The van der Waals surface area contributed by atoms with Gasteiger partial charge in [0, 0.05) is 12.1 Å². The number of hydrogen-bond donors (Lipinski definition) is 2. The zero-order valence-corrected chi connectivity index (χ0v) is 13.2. The third-order valence-electron chi connectivity index (χ3n) is 3.32. The lowest BCUT2D eigenvalue weighted by molar-refractivity contribution is -0.120. The molecule has 0 bridgehead atoms. The van der Waals surface area contributed by atoms with E-state index in [2.05, 4.69) is 15.3 Å². The smallest absolute Gasteiger partial charge is 0.348 e. The van der Waals surface area contributed by atoms with E-state index in [1.807, 2.05) is 13.8 Å². The summed E-state index contributed by atoms with van der Waals surface area (Å²) in [6.45, 7) is 3.88. The van der Waals surface area contributed by atoms with Crippen molar-refractivity contribution in [2.45, 2.75) is 26.7 Å². The summed E-state index contributed by atoms with van der Waals surface area (Å²) in [4.78, 5) is 31.9. The van der Waals surface area contributed by atoms with E-state index in [1.165, 1.54) is 0 Å². The zero-order chi connectivity index (χ0) is 16.1. The molecule has 0 unspecified atom stereocenters. The minimum atomic E-state index is -1.08. The van der Waals surface area contributed by atoms with E-state index >= 15 is 0 Å². The van der Waals surface area contributed by atoms with Crippen LogP contribution in [0.5, 0.6) is 0 Å². The van der Waals surface area contributed by atoms with Gasteiger partial charge >= 0.3 is 5.97 Å². The van der Waals surface area contributed by atoms with Crippen LogP contribution in [0.15, 0.2) is 24.4 Å². The second-order valence-electron chi connectivity index (χ2n) is 4.72. The second-order valence-corrected chi connectivity index (χ2v) is 5.72.